The number of carbonyl (C=O) groups is 1. The SMILES string of the molecule is O=C(Nc1ccc(-c2nc(N3C[C@H]4CC[C@@H](C3)O4)c3cnn(C4CCC(O)CC4)c3n2)cc1)NC1CC1. The Balaban J connectivity index is 1.23. The highest BCUT2D eigenvalue weighted by Gasteiger charge is 2.36. The first-order valence-electron chi connectivity index (χ1n) is 13.6. The summed E-state index contributed by atoms with van der Waals surface area (Å²) >= 11 is 0. The van der Waals surface area contributed by atoms with Gasteiger partial charge in [-0.05, 0) is 75.6 Å². The van der Waals surface area contributed by atoms with Gasteiger partial charge >= 0.3 is 6.03 Å². The van der Waals surface area contributed by atoms with Gasteiger partial charge in [-0.25, -0.2) is 19.4 Å². The van der Waals surface area contributed by atoms with Gasteiger partial charge in [0.1, 0.15) is 5.82 Å². The van der Waals surface area contributed by atoms with Crippen LogP contribution in [-0.2, 0) is 4.74 Å². The highest BCUT2D eigenvalue weighted by molar-refractivity contribution is 5.91. The number of carbonyl (C=O) groups excluding carboxylic acids is 1. The number of anilines is 2. The molecule has 2 aromatic heterocycles. The molecule has 0 radical (unpaired) electrons. The van der Waals surface area contributed by atoms with Crippen molar-refractivity contribution in [2.24, 2.45) is 0 Å². The Morgan fingerprint density at radius 2 is 1.68 bits per heavy atom. The minimum absolute atomic E-state index is 0.168. The van der Waals surface area contributed by atoms with E-state index in [9.17, 15) is 9.90 Å². The van der Waals surface area contributed by atoms with E-state index in [2.05, 4.69) is 15.5 Å². The second-order valence-corrected chi connectivity index (χ2v) is 11.0. The number of aromatic nitrogens is 4. The number of nitrogens with one attached hydrogen (secondary N) is 2. The van der Waals surface area contributed by atoms with Gasteiger partial charge in [-0.1, -0.05) is 0 Å². The van der Waals surface area contributed by atoms with Crippen molar-refractivity contribution in [3.8, 4) is 11.4 Å². The second kappa shape index (κ2) is 9.25. The van der Waals surface area contributed by atoms with Gasteiger partial charge in [0, 0.05) is 30.4 Å². The van der Waals surface area contributed by atoms with Gasteiger partial charge in [-0.3, -0.25) is 0 Å². The van der Waals surface area contributed by atoms with E-state index in [1.807, 2.05) is 35.1 Å². The van der Waals surface area contributed by atoms with Crippen LogP contribution in [0.5, 0.6) is 0 Å². The number of amides is 2. The summed E-state index contributed by atoms with van der Waals surface area (Å²) in [5.74, 6) is 1.56. The molecule has 10 heteroatoms. The maximum atomic E-state index is 12.1. The topological polar surface area (TPSA) is 117 Å². The van der Waals surface area contributed by atoms with Gasteiger partial charge < -0.3 is 25.4 Å². The molecular formula is C27H33N7O3. The van der Waals surface area contributed by atoms with Crippen LogP contribution >= 0.6 is 0 Å². The predicted molar refractivity (Wildman–Crippen MR) is 140 cm³/mol. The summed E-state index contributed by atoms with van der Waals surface area (Å²) in [7, 11) is 0. The molecule has 194 valence electrons. The number of morpholine rings is 1. The fourth-order valence-corrected chi connectivity index (χ4v) is 5.92. The smallest absolute Gasteiger partial charge is 0.319 e. The molecule has 0 spiro atoms. The van der Waals surface area contributed by atoms with Gasteiger partial charge in [0.25, 0.3) is 0 Å². The van der Waals surface area contributed by atoms with Gasteiger partial charge in [0.05, 0.1) is 35.9 Å². The van der Waals surface area contributed by atoms with Crippen molar-refractivity contribution in [2.45, 2.75) is 81.8 Å². The van der Waals surface area contributed by atoms with Gasteiger partial charge in [0.2, 0.25) is 0 Å². The lowest BCUT2D eigenvalue weighted by molar-refractivity contribution is 0.0303. The van der Waals surface area contributed by atoms with Crippen LogP contribution in [0.1, 0.15) is 57.4 Å². The number of hydrogen-bond acceptors (Lipinski definition) is 7. The van der Waals surface area contributed by atoms with Crippen LogP contribution in [0, 0.1) is 0 Å². The molecule has 2 bridgehead atoms. The van der Waals surface area contributed by atoms with E-state index in [4.69, 9.17) is 19.8 Å². The third-order valence-corrected chi connectivity index (χ3v) is 8.10. The van der Waals surface area contributed by atoms with Crippen LogP contribution in [-0.4, -0.2) is 68.3 Å². The normalized spacial score (nSPS) is 27.4. The Morgan fingerprint density at radius 3 is 2.38 bits per heavy atom. The summed E-state index contributed by atoms with van der Waals surface area (Å²) in [4.78, 5) is 24.6. The third-order valence-electron chi connectivity index (χ3n) is 8.10. The van der Waals surface area contributed by atoms with Crippen LogP contribution < -0.4 is 15.5 Å². The van der Waals surface area contributed by atoms with E-state index >= 15 is 0 Å². The number of hydrogen-bond donors (Lipinski definition) is 3. The summed E-state index contributed by atoms with van der Waals surface area (Å²) in [5, 5.41) is 21.6. The fraction of sp³-hybridized carbons (Fsp3) is 0.556. The number of benzene rings is 1. The molecule has 37 heavy (non-hydrogen) atoms. The molecule has 2 aliphatic carbocycles. The van der Waals surface area contributed by atoms with Crippen LogP contribution in [0.4, 0.5) is 16.3 Å². The molecule has 2 amide bonds. The first kappa shape index (κ1) is 22.9. The lowest BCUT2D eigenvalue weighted by atomic mass is 9.93. The molecule has 4 fully saturated rings. The molecule has 4 aliphatic rings. The van der Waals surface area contributed by atoms with Gasteiger partial charge in [-0.2, -0.15) is 5.10 Å². The molecule has 7 rings (SSSR count). The molecule has 10 nitrogen and oxygen atoms in total. The highest BCUT2D eigenvalue weighted by atomic mass is 16.5. The Bertz CT molecular complexity index is 1290. The standard InChI is InChI=1S/C27H33N7O3/c35-20-9-7-19(8-10-20)34-26-23(13-28-34)25(33-14-21-11-12-22(15-33)37-21)31-24(32-26)16-1-3-17(4-2-16)29-27(36)30-18-5-6-18/h1-4,13,18-22,35H,5-12,14-15H2,(H2,29,30,36)/t19?,20?,21-,22+. The summed E-state index contributed by atoms with van der Waals surface area (Å²) in [6.45, 7) is 1.64. The predicted octanol–water partition coefficient (Wildman–Crippen LogP) is 3.62. The Labute approximate surface area is 215 Å². The lowest BCUT2D eigenvalue weighted by Gasteiger charge is -2.33. The van der Waals surface area contributed by atoms with Crippen molar-refractivity contribution in [1.29, 1.82) is 0 Å². The van der Waals surface area contributed by atoms with Crippen LogP contribution in [0.15, 0.2) is 30.5 Å². The zero-order chi connectivity index (χ0) is 24.9. The average Bonchev–Trinajstić information content (AvgIpc) is 3.51. The fourth-order valence-electron chi connectivity index (χ4n) is 5.92. The van der Waals surface area contributed by atoms with Crippen molar-refractivity contribution in [3.63, 3.8) is 0 Å². The van der Waals surface area contributed by atoms with Crippen LogP contribution in [0.25, 0.3) is 22.4 Å². The van der Waals surface area contributed by atoms with Crippen molar-refractivity contribution < 1.29 is 14.6 Å². The Kier molecular flexibility index (Phi) is 5.73. The zero-order valence-electron chi connectivity index (χ0n) is 20.8. The highest BCUT2D eigenvalue weighted by Crippen LogP contribution is 2.36. The van der Waals surface area contributed by atoms with E-state index in [1.165, 1.54) is 0 Å². The Hall–Kier alpha value is -3.24. The van der Waals surface area contributed by atoms with Gasteiger partial charge in [0.15, 0.2) is 11.5 Å². The van der Waals surface area contributed by atoms with E-state index < -0.39 is 0 Å². The summed E-state index contributed by atoms with van der Waals surface area (Å²) in [5.41, 5.74) is 2.46. The van der Waals surface area contributed by atoms with E-state index in [0.29, 0.717) is 11.9 Å². The summed E-state index contributed by atoms with van der Waals surface area (Å²) in [6, 6.07) is 8.06. The monoisotopic (exact) mass is 503 g/mol. The number of rotatable bonds is 5. The molecular weight excluding hydrogens is 470 g/mol. The number of ether oxygens (including phenoxy) is 1. The number of urea groups is 1. The summed E-state index contributed by atoms with van der Waals surface area (Å²) in [6.07, 6.45) is 9.80. The minimum atomic E-state index is -0.221. The maximum Gasteiger partial charge on any atom is 0.319 e. The largest absolute Gasteiger partial charge is 0.393 e. The quantitative estimate of drug-likeness (QED) is 0.487. The van der Waals surface area contributed by atoms with Crippen LogP contribution in [0.3, 0.4) is 0 Å². The van der Waals surface area contributed by atoms with Crippen molar-refractivity contribution in [1.82, 2.24) is 25.1 Å². The summed E-state index contributed by atoms with van der Waals surface area (Å²) < 4.78 is 8.13. The molecule has 2 atom stereocenters. The number of nitrogens with zero attached hydrogens (tertiary/aromatic N) is 5. The van der Waals surface area contributed by atoms with E-state index in [1.54, 1.807) is 0 Å². The first-order valence-corrected chi connectivity index (χ1v) is 13.6. The van der Waals surface area contributed by atoms with E-state index in [-0.39, 0.29) is 30.4 Å². The maximum absolute atomic E-state index is 12.1. The minimum Gasteiger partial charge on any atom is -0.393 e. The van der Waals surface area contributed by atoms with Crippen molar-refractivity contribution in [2.75, 3.05) is 23.3 Å². The van der Waals surface area contributed by atoms with Crippen LogP contribution in [0.2, 0.25) is 0 Å². The van der Waals surface area contributed by atoms with Crippen molar-refractivity contribution >= 4 is 28.6 Å². The third kappa shape index (κ3) is 4.64. The second-order valence-electron chi connectivity index (χ2n) is 11.0. The molecule has 2 saturated heterocycles. The van der Waals surface area contributed by atoms with E-state index in [0.717, 1.165) is 92.6 Å². The lowest BCUT2D eigenvalue weighted by Crippen LogP contribution is -2.43. The van der Waals surface area contributed by atoms with Crippen molar-refractivity contribution in [3.05, 3.63) is 30.5 Å². The molecule has 4 heterocycles. The first-order chi connectivity index (χ1) is 18.1. The molecule has 2 aliphatic heterocycles. The zero-order valence-corrected chi connectivity index (χ0v) is 20.8. The van der Waals surface area contributed by atoms with Gasteiger partial charge in [-0.15, -0.1) is 0 Å². The number of fused-ring (bicyclic) bond motifs is 3. The molecule has 1 aromatic carbocycles. The average molecular weight is 504 g/mol. The molecule has 3 N–H and O–H groups in total. The Morgan fingerprint density at radius 1 is 0.946 bits per heavy atom. The molecule has 2 saturated carbocycles. The molecule has 0 unspecified atom stereocenters. The number of aliphatic hydroxyl groups is 1. The number of aliphatic hydroxyl groups excluding tert-OH is 1. The molecule has 3 aromatic rings.